The zero-order valence-electron chi connectivity index (χ0n) is 20.2. The molecule has 2 aliphatic rings. The average Bonchev–Trinajstić information content (AvgIpc) is 2.90. The smallest absolute Gasteiger partial charge is 0.338 e. The summed E-state index contributed by atoms with van der Waals surface area (Å²) in [5, 5.41) is 10.8. The third-order valence-electron chi connectivity index (χ3n) is 7.17. The van der Waals surface area contributed by atoms with Crippen LogP contribution in [0.5, 0.6) is 0 Å². The fraction of sp³-hybridized carbons (Fsp3) is 0.407. The Kier molecular flexibility index (Phi) is 7.43. The highest BCUT2D eigenvalue weighted by Gasteiger charge is 2.26. The minimum Gasteiger partial charge on any atom is -0.478 e. The summed E-state index contributed by atoms with van der Waals surface area (Å²) in [5.41, 5.74) is -0.00369. The zero-order chi connectivity index (χ0) is 25.1. The number of morpholine rings is 1. The van der Waals surface area contributed by atoms with E-state index in [1.807, 2.05) is 0 Å². The van der Waals surface area contributed by atoms with Crippen molar-refractivity contribution in [1.29, 1.82) is 0 Å². The number of ether oxygens (including phenoxy) is 1. The van der Waals surface area contributed by atoms with Crippen LogP contribution in [0, 0.1) is 5.82 Å². The van der Waals surface area contributed by atoms with Crippen LogP contribution in [0.1, 0.15) is 16.1 Å². The summed E-state index contributed by atoms with van der Waals surface area (Å²) in [7, 11) is 0. The number of rotatable bonds is 7. The van der Waals surface area contributed by atoms with Gasteiger partial charge in [0, 0.05) is 69.7 Å². The summed E-state index contributed by atoms with van der Waals surface area (Å²) in [6, 6.07) is 12.7. The van der Waals surface area contributed by atoms with Crippen LogP contribution in [0.3, 0.4) is 0 Å². The van der Waals surface area contributed by atoms with E-state index in [0.717, 1.165) is 65.6 Å². The number of halogens is 1. The number of fused-ring (bicyclic) bond motifs is 1. The predicted octanol–water partition coefficient (Wildman–Crippen LogP) is 2.28. The highest BCUT2D eigenvalue weighted by atomic mass is 19.1. The quantitative estimate of drug-likeness (QED) is 0.540. The summed E-state index contributed by atoms with van der Waals surface area (Å²) in [5.74, 6) is -1.70. The predicted molar refractivity (Wildman–Crippen MR) is 135 cm³/mol. The first-order chi connectivity index (χ1) is 17.5. The van der Waals surface area contributed by atoms with Crippen LogP contribution >= 0.6 is 0 Å². The summed E-state index contributed by atoms with van der Waals surface area (Å²) in [6.45, 7) is 8.90. The fourth-order valence-corrected chi connectivity index (χ4v) is 5.16. The lowest BCUT2D eigenvalue weighted by Crippen LogP contribution is -2.49. The van der Waals surface area contributed by atoms with E-state index in [-0.39, 0.29) is 23.2 Å². The molecule has 3 aromatic rings. The first-order valence-corrected chi connectivity index (χ1v) is 12.4. The molecule has 0 bridgehead atoms. The molecular weight excluding hydrogens is 463 g/mol. The number of hydrogen-bond donors (Lipinski definition) is 1. The van der Waals surface area contributed by atoms with E-state index in [4.69, 9.17) is 4.74 Å². The lowest BCUT2D eigenvalue weighted by atomic mass is 10.0. The van der Waals surface area contributed by atoms with Crippen molar-refractivity contribution >= 4 is 16.7 Å². The van der Waals surface area contributed by atoms with Crippen molar-refractivity contribution in [2.24, 2.45) is 0 Å². The second-order valence-electron chi connectivity index (χ2n) is 9.34. The highest BCUT2D eigenvalue weighted by Crippen LogP contribution is 2.25. The topological polar surface area (TPSA) is 78.2 Å². The van der Waals surface area contributed by atoms with E-state index in [9.17, 15) is 19.1 Å². The van der Waals surface area contributed by atoms with E-state index in [2.05, 4.69) is 14.7 Å². The van der Waals surface area contributed by atoms with Crippen molar-refractivity contribution < 1.29 is 19.0 Å². The Hall–Kier alpha value is -3.11. The van der Waals surface area contributed by atoms with E-state index in [0.29, 0.717) is 11.1 Å². The molecule has 0 atom stereocenters. The van der Waals surface area contributed by atoms with Crippen LogP contribution in [0.2, 0.25) is 0 Å². The van der Waals surface area contributed by atoms with Gasteiger partial charge in [0.1, 0.15) is 5.82 Å². The SMILES string of the molecule is O=C(O)c1c(CN2CCN(CCN3CCOCC3)CC2)n(-c2ccccc2F)c(=O)c2ccccc12. The number of hydrogen-bond acceptors (Lipinski definition) is 6. The van der Waals surface area contributed by atoms with Gasteiger partial charge in [0.25, 0.3) is 5.56 Å². The average molecular weight is 495 g/mol. The molecule has 36 heavy (non-hydrogen) atoms. The maximum absolute atomic E-state index is 14.9. The Morgan fingerprint density at radius 3 is 2.08 bits per heavy atom. The van der Waals surface area contributed by atoms with Crippen LogP contribution in [-0.4, -0.2) is 95.9 Å². The van der Waals surface area contributed by atoms with Crippen molar-refractivity contribution in [2.75, 3.05) is 65.6 Å². The molecule has 1 N–H and O–H groups in total. The van der Waals surface area contributed by atoms with Gasteiger partial charge in [0.05, 0.1) is 30.2 Å². The molecule has 8 nitrogen and oxygen atoms in total. The van der Waals surface area contributed by atoms with Crippen molar-refractivity contribution in [1.82, 2.24) is 19.3 Å². The minimum atomic E-state index is -1.13. The molecule has 5 rings (SSSR count). The van der Waals surface area contributed by atoms with E-state index in [1.165, 1.54) is 16.7 Å². The van der Waals surface area contributed by atoms with E-state index < -0.39 is 17.3 Å². The normalized spacial score (nSPS) is 18.0. The molecule has 190 valence electrons. The summed E-state index contributed by atoms with van der Waals surface area (Å²) in [6.07, 6.45) is 0. The van der Waals surface area contributed by atoms with Gasteiger partial charge in [-0.1, -0.05) is 30.3 Å². The van der Waals surface area contributed by atoms with Crippen molar-refractivity contribution in [3.8, 4) is 5.69 Å². The molecule has 0 saturated carbocycles. The van der Waals surface area contributed by atoms with Gasteiger partial charge < -0.3 is 9.84 Å². The molecular formula is C27H31FN4O4. The Bertz CT molecular complexity index is 1300. The lowest BCUT2D eigenvalue weighted by Gasteiger charge is -2.36. The van der Waals surface area contributed by atoms with Gasteiger partial charge in [0.15, 0.2) is 0 Å². The molecule has 2 aliphatic heterocycles. The second kappa shape index (κ2) is 10.9. The highest BCUT2D eigenvalue weighted by molar-refractivity contribution is 6.04. The Balaban J connectivity index is 1.43. The van der Waals surface area contributed by atoms with Gasteiger partial charge in [-0.3, -0.25) is 24.1 Å². The number of carboxylic acid groups (broad SMARTS) is 1. The largest absolute Gasteiger partial charge is 0.478 e. The number of carbonyl (C=O) groups is 1. The molecule has 0 aliphatic carbocycles. The molecule has 3 heterocycles. The van der Waals surface area contributed by atoms with Gasteiger partial charge >= 0.3 is 5.97 Å². The summed E-state index contributed by atoms with van der Waals surface area (Å²) >= 11 is 0. The fourth-order valence-electron chi connectivity index (χ4n) is 5.16. The molecule has 0 unspecified atom stereocenters. The van der Waals surface area contributed by atoms with E-state index in [1.54, 1.807) is 36.4 Å². The maximum atomic E-state index is 14.9. The van der Waals surface area contributed by atoms with Gasteiger partial charge in [-0.25, -0.2) is 9.18 Å². The first-order valence-electron chi connectivity index (χ1n) is 12.4. The molecule has 0 radical (unpaired) electrons. The van der Waals surface area contributed by atoms with Gasteiger partial charge in [0.2, 0.25) is 0 Å². The third kappa shape index (κ3) is 5.05. The number of nitrogens with zero attached hydrogens (tertiary/aromatic N) is 4. The number of pyridine rings is 1. The monoisotopic (exact) mass is 494 g/mol. The van der Waals surface area contributed by atoms with Crippen molar-refractivity contribution in [3.63, 3.8) is 0 Å². The van der Waals surface area contributed by atoms with Crippen molar-refractivity contribution in [2.45, 2.75) is 6.54 Å². The molecule has 0 amide bonds. The second-order valence-corrected chi connectivity index (χ2v) is 9.34. The number of para-hydroxylation sites is 1. The van der Waals surface area contributed by atoms with Crippen LogP contribution < -0.4 is 5.56 Å². The number of piperazine rings is 1. The molecule has 9 heteroatoms. The number of carboxylic acids is 1. The van der Waals surface area contributed by atoms with Gasteiger partial charge in [-0.2, -0.15) is 0 Å². The minimum absolute atomic E-state index is 0.0446. The number of benzene rings is 2. The third-order valence-corrected chi connectivity index (χ3v) is 7.17. The van der Waals surface area contributed by atoms with Crippen LogP contribution in [0.25, 0.3) is 16.5 Å². The lowest BCUT2D eigenvalue weighted by molar-refractivity contribution is 0.0296. The standard InChI is InChI=1S/C27H31FN4O4/c28-22-7-3-4-8-23(22)32-24(25(27(34)35)20-5-1-2-6-21(20)26(32)33)19-31-13-11-29(12-14-31)9-10-30-15-17-36-18-16-30/h1-8H,9-19H2,(H,34,35). The zero-order valence-corrected chi connectivity index (χ0v) is 20.2. The maximum Gasteiger partial charge on any atom is 0.338 e. The van der Waals surface area contributed by atoms with Crippen LogP contribution in [-0.2, 0) is 11.3 Å². The Morgan fingerprint density at radius 1 is 0.833 bits per heavy atom. The molecule has 2 aromatic carbocycles. The summed E-state index contributed by atoms with van der Waals surface area (Å²) < 4.78 is 21.6. The van der Waals surface area contributed by atoms with Gasteiger partial charge in [-0.15, -0.1) is 0 Å². The van der Waals surface area contributed by atoms with Crippen molar-refractivity contribution in [3.05, 3.63) is 76.0 Å². The summed E-state index contributed by atoms with van der Waals surface area (Å²) in [4.78, 5) is 33.0. The van der Waals surface area contributed by atoms with Gasteiger partial charge in [-0.05, 0) is 18.2 Å². The van der Waals surface area contributed by atoms with E-state index >= 15 is 0 Å². The molecule has 2 fully saturated rings. The number of aromatic nitrogens is 1. The first kappa shape index (κ1) is 24.6. The van der Waals surface area contributed by atoms with Crippen LogP contribution in [0.4, 0.5) is 4.39 Å². The Labute approximate surface area is 209 Å². The molecule has 1 aromatic heterocycles. The molecule has 2 saturated heterocycles. The number of aromatic carboxylic acids is 1. The molecule has 0 spiro atoms. The van der Waals surface area contributed by atoms with Crippen LogP contribution in [0.15, 0.2) is 53.3 Å². The Morgan fingerprint density at radius 2 is 1.42 bits per heavy atom.